The second kappa shape index (κ2) is 13.2. The first kappa shape index (κ1) is 27.3. The number of benzene rings is 2. The number of ether oxygens (including phenoxy) is 3. The Morgan fingerprint density at radius 1 is 0.889 bits per heavy atom. The van der Waals surface area contributed by atoms with E-state index in [1.807, 2.05) is 12.1 Å². The lowest BCUT2D eigenvalue weighted by molar-refractivity contribution is -0.164. The molecule has 4 atom stereocenters. The second-order valence-corrected chi connectivity index (χ2v) is 9.35. The molecule has 12 nitrogen and oxygen atoms in total. The summed E-state index contributed by atoms with van der Waals surface area (Å²) in [4.78, 5) is 26.0. The quantitative estimate of drug-likeness (QED) is 0.130. The van der Waals surface area contributed by atoms with Crippen molar-refractivity contribution in [3.63, 3.8) is 0 Å². The van der Waals surface area contributed by atoms with Crippen LogP contribution in [0.15, 0.2) is 65.8 Å². The third kappa shape index (κ3) is 8.17. The normalized spacial score (nSPS) is 21.4. The minimum absolute atomic E-state index is 0.0662. The van der Waals surface area contributed by atoms with Gasteiger partial charge in [-0.1, -0.05) is 65.8 Å². The van der Waals surface area contributed by atoms with Crippen molar-refractivity contribution in [3.8, 4) is 0 Å². The van der Waals surface area contributed by atoms with Gasteiger partial charge < -0.3 is 14.2 Å². The van der Waals surface area contributed by atoms with Crippen LogP contribution in [0.1, 0.15) is 25.0 Å². The van der Waals surface area contributed by atoms with Gasteiger partial charge in [-0.2, -0.15) is 0 Å². The maximum Gasteiger partial charge on any atom is 0.475 e. The number of carbonyl (C=O) groups excluding carboxylic acids is 2. The van der Waals surface area contributed by atoms with Crippen LogP contribution in [0.5, 0.6) is 0 Å². The number of rotatable bonds is 12. The average molecular weight is 519 g/mol. The summed E-state index contributed by atoms with van der Waals surface area (Å²) in [6.07, 6.45) is -4.83. The van der Waals surface area contributed by atoms with Crippen LogP contribution in [0.25, 0.3) is 10.4 Å². The van der Waals surface area contributed by atoms with Gasteiger partial charge in [0.15, 0.2) is 18.4 Å². The number of hydrogen-bond donors (Lipinski definition) is 0. The van der Waals surface area contributed by atoms with E-state index in [0.29, 0.717) is 0 Å². The lowest BCUT2D eigenvalue weighted by Crippen LogP contribution is -2.40. The molecule has 1 heterocycles. The predicted molar refractivity (Wildman–Crippen MR) is 125 cm³/mol. The predicted octanol–water partition coefficient (Wildman–Crippen LogP) is 4.44. The Hall–Kier alpha value is -3.24. The molecule has 1 fully saturated rings. The first-order valence-corrected chi connectivity index (χ1v) is 12.4. The number of azide groups is 1. The van der Waals surface area contributed by atoms with E-state index in [1.54, 1.807) is 48.5 Å². The summed E-state index contributed by atoms with van der Waals surface area (Å²) < 4.78 is 46.3. The van der Waals surface area contributed by atoms with E-state index in [9.17, 15) is 14.2 Å². The van der Waals surface area contributed by atoms with Crippen LogP contribution in [0, 0.1) is 0 Å². The SMILES string of the molecule is CC(=O)O[C@@H]1[C@H](OC(C)=O)[C@@H](COP(=O)(OCc2ccccc2)OCc2ccccc2)O[C@H]1N=[N+]=[N-]. The first-order chi connectivity index (χ1) is 17.3. The number of phosphoric acid groups is 1. The Bertz CT molecular complexity index is 1060. The molecule has 1 aliphatic rings. The highest BCUT2D eigenvalue weighted by Gasteiger charge is 2.49. The van der Waals surface area contributed by atoms with Crippen LogP contribution in [0.2, 0.25) is 0 Å². The summed E-state index contributed by atoms with van der Waals surface area (Å²) in [7, 11) is -4.18. The van der Waals surface area contributed by atoms with Crippen molar-refractivity contribution in [1.29, 1.82) is 0 Å². The van der Waals surface area contributed by atoms with Crippen molar-refractivity contribution < 1.29 is 41.9 Å². The van der Waals surface area contributed by atoms with Gasteiger partial charge in [-0.3, -0.25) is 23.2 Å². The summed E-state index contributed by atoms with van der Waals surface area (Å²) >= 11 is 0. The Kier molecular flexibility index (Phi) is 10.0. The number of phosphoric ester groups is 1. The van der Waals surface area contributed by atoms with Crippen LogP contribution in [-0.4, -0.2) is 43.1 Å². The van der Waals surface area contributed by atoms with Crippen molar-refractivity contribution in [2.75, 3.05) is 6.61 Å². The second-order valence-electron chi connectivity index (χ2n) is 7.68. The van der Waals surface area contributed by atoms with Crippen molar-refractivity contribution in [3.05, 3.63) is 82.2 Å². The van der Waals surface area contributed by atoms with E-state index >= 15 is 0 Å². The zero-order chi connectivity index (χ0) is 26.0. The average Bonchev–Trinajstić information content (AvgIpc) is 3.16. The molecule has 0 spiro atoms. The Morgan fingerprint density at radius 3 is 1.86 bits per heavy atom. The van der Waals surface area contributed by atoms with E-state index in [-0.39, 0.29) is 13.2 Å². The molecule has 3 rings (SSSR count). The monoisotopic (exact) mass is 519 g/mol. The summed E-state index contributed by atoms with van der Waals surface area (Å²) in [5.41, 5.74) is 10.3. The lowest BCUT2D eigenvalue weighted by Gasteiger charge is -2.24. The van der Waals surface area contributed by atoms with E-state index in [0.717, 1.165) is 25.0 Å². The van der Waals surface area contributed by atoms with Crippen LogP contribution in [-0.2, 0) is 55.1 Å². The Labute approximate surface area is 207 Å². The molecule has 0 aliphatic carbocycles. The van der Waals surface area contributed by atoms with E-state index in [4.69, 9.17) is 33.3 Å². The van der Waals surface area contributed by atoms with Gasteiger partial charge in [0.05, 0.1) is 19.8 Å². The smallest absolute Gasteiger partial charge is 0.456 e. The standard InChI is InChI=1S/C23H26N3O9P/c1-16(27)33-21-20(35-23(25-26-24)22(21)34-17(2)28)15-32-36(29,30-13-18-9-5-3-6-10-18)31-14-19-11-7-4-8-12-19/h3-12,20-23H,13-15H2,1-2H3/t20-,21-,22-,23-/m1/s1. The van der Waals surface area contributed by atoms with Gasteiger partial charge in [-0.05, 0) is 16.7 Å². The van der Waals surface area contributed by atoms with Gasteiger partial charge in [-0.15, -0.1) is 0 Å². The molecule has 0 aromatic heterocycles. The summed E-state index contributed by atoms with van der Waals surface area (Å²) in [5, 5.41) is 3.47. The molecule has 2 aromatic carbocycles. The molecule has 13 heteroatoms. The largest absolute Gasteiger partial charge is 0.475 e. The van der Waals surface area contributed by atoms with Crippen molar-refractivity contribution >= 4 is 19.8 Å². The van der Waals surface area contributed by atoms with Crippen LogP contribution in [0.3, 0.4) is 0 Å². The fourth-order valence-corrected chi connectivity index (χ4v) is 4.54. The van der Waals surface area contributed by atoms with Crippen molar-refractivity contribution in [2.45, 2.75) is 51.6 Å². The number of nitrogens with zero attached hydrogens (tertiary/aromatic N) is 3. The van der Waals surface area contributed by atoms with Gasteiger partial charge in [0.2, 0.25) is 0 Å². The molecule has 0 unspecified atom stereocenters. The van der Waals surface area contributed by atoms with E-state index in [1.165, 1.54) is 0 Å². The molecular formula is C23H26N3O9P. The summed E-state index contributed by atoms with van der Waals surface area (Å²) in [6.45, 7) is 1.71. The van der Waals surface area contributed by atoms with E-state index < -0.39 is 50.9 Å². The molecular weight excluding hydrogens is 493 g/mol. The molecule has 1 saturated heterocycles. The van der Waals surface area contributed by atoms with Gasteiger partial charge in [0.1, 0.15) is 6.10 Å². The molecule has 0 bridgehead atoms. The topological polar surface area (TPSA) is 155 Å². The minimum atomic E-state index is -4.18. The first-order valence-electron chi connectivity index (χ1n) is 11.0. The van der Waals surface area contributed by atoms with Crippen LogP contribution in [0.4, 0.5) is 0 Å². The number of esters is 2. The van der Waals surface area contributed by atoms with Gasteiger partial charge in [0, 0.05) is 18.8 Å². The van der Waals surface area contributed by atoms with Crippen molar-refractivity contribution in [2.24, 2.45) is 5.11 Å². The van der Waals surface area contributed by atoms with Crippen LogP contribution < -0.4 is 0 Å². The number of carbonyl (C=O) groups is 2. The maximum atomic E-state index is 13.5. The fraction of sp³-hybridized carbons (Fsp3) is 0.391. The number of hydrogen-bond acceptors (Lipinski definition) is 10. The Balaban J connectivity index is 1.76. The van der Waals surface area contributed by atoms with Gasteiger partial charge in [0.25, 0.3) is 0 Å². The third-order valence-electron chi connectivity index (χ3n) is 4.92. The van der Waals surface area contributed by atoms with E-state index in [2.05, 4.69) is 10.0 Å². The maximum absolute atomic E-state index is 13.5. The van der Waals surface area contributed by atoms with Gasteiger partial charge in [-0.25, -0.2) is 4.57 Å². The molecule has 0 saturated carbocycles. The van der Waals surface area contributed by atoms with Crippen molar-refractivity contribution in [1.82, 2.24) is 0 Å². The molecule has 36 heavy (non-hydrogen) atoms. The summed E-state index contributed by atoms with van der Waals surface area (Å²) in [5.74, 6) is -1.40. The zero-order valence-corrected chi connectivity index (χ0v) is 20.6. The summed E-state index contributed by atoms with van der Waals surface area (Å²) in [6, 6.07) is 18.0. The Morgan fingerprint density at radius 2 is 1.39 bits per heavy atom. The highest BCUT2D eigenvalue weighted by molar-refractivity contribution is 7.48. The molecule has 0 N–H and O–H groups in total. The van der Waals surface area contributed by atoms with Gasteiger partial charge >= 0.3 is 19.8 Å². The highest BCUT2D eigenvalue weighted by atomic mass is 31.2. The lowest BCUT2D eigenvalue weighted by atomic mass is 10.1. The fourth-order valence-electron chi connectivity index (χ4n) is 3.37. The molecule has 0 amide bonds. The molecule has 0 radical (unpaired) electrons. The zero-order valence-electron chi connectivity index (χ0n) is 19.7. The molecule has 1 aliphatic heterocycles. The molecule has 2 aromatic rings. The molecule has 192 valence electrons. The highest BCUT2D eigenvalue weighted by Crippen LogP contribution is 2.51. The van der Waals surface area contributed by atoms with Crippen LogP contribution >= 0.6 is 7.82 Å². The third-order valence-corrected chi connectivity index (χ3v) is 6.27. The minimum Gasteiger partial charge on any atom is -0.456 e.